The van der Waals surface area contributed by atoms with Gasteiger partial charge in [0.05, 0.1) is 12.0 Å². The lowest BCUT2D eigenvalue weighted by Gasteiger charge is -2.31. The first-order valence-electron chi connectivity index (χ1n) is 10.6. The summed E-state index contributed by atoms with van der Waals surface area (Å²) in [4.78, 5) is 29.8. The van der Waals surface area contributed by atoms with Gasteiger partial charge in [-0.25, -0.2) is 0 Å². The Kier molecular flexibility index (Phi) is 7.28. The van der Waals surface area contributed by atoms with E-state index in [0.717, 1.165) is 37.2 Å². The largest absolute Gasteiger partial charge is 0.371 e. The molecule has 0 radical (unpaired) electrons. The third-order valence-corrected chi connectivity index (χ3v) is 5.47. The van der Waals surface area contributed by atoms with Gasteiger partial charge in [0.1, 0.15) is 0 Å². The lowest BCUT2D eigenvalue weighted by molar-refractivity contribution is -0.115. The van der Waals surface area contributed by atoms with Gasteiger partial charge in [-0.1, -0.05) is 30.3 Å². The standard InChI is InChI=1S/C24H31N3O2/c1-3-26(4-2)24(29)21-18-20(13-14-22(21)27-15-9-6-10-16-27)25-23(28)17-19-11-7-5-8-12-19/h5,7-8,11-14,18H,3-4,6,9-10,15-17H2,1-2H3,(H,25,28). The predicted octanol–water partition coefficient (Wildman–Crippen LogP) is 4.34. The molecule has 5 heteroatoms. The molecule has 0 unspecified atom stereocenters. The molecule has 1 N–H and O–H groups in total. The van der Waals surface area contributed by atoms with Crippen LogP contribution in [0.1, 0.15) is 49.0 Å². The van der Waals surface area contributed by atoms with Crippen molar-refractivity contribution < 1.29 is 9.59 Å². The molecule has 1 aliphatic heterocycles. The van der Waals surface area contributed by atoms with E-state index in [-0.39, 0.29) is 11.8 Å². The topological polar surface area (TPSA) is 52.7 Å². The van der Waals surface area contributed by atoms with Crippen molar-refractivity contribution >= 4 is 23.2 Å². The highest BCUT2D eigenvalue weighted by atomic mass is 16.2. The van der Waals surface area contributed by atoms with E-state index in [1.807, 2.05) is 67.3 Å². The predicted molar refractivity (Wildman–Crippen MR) is 119 cm³/mol. The van der Waals surface area contributed by atoms with Crippen LogP contribution in [-0.2, 0) is 11.2 Å². The lowest BCUT2D eigenvalue weighted by Crippen LogP contribution is -2.35. The molecule has 2 aromatic rings. The first-order valence-corrected chi connectivity index (χ1v) is 10.6. The molecule has 154 valence electrons. The van der Waals surface area contributed by atoms with Gasteiger partial charge < -0.3 is 15.1 Å². The summed E-state index contributed by atoms with van der Waals surface area (Å²) < 4.78 is 0. The highest BCUT2D eigenvalue weighted by Gasteiger charge is 2.22. The van der Waals surface area contributed by atoms with Crippen molar-refractivity contribution in [3.63, 3.8) is 0 Å². The van der Waals surface area contributed by atoms with Crippen molar-refractivity contribution in [2.45, 2.75) is 39.5 Å². The third kappa shape index (κ3) is 5.37. The molecule has 0 aliphatic carbocycles. The Balaban J connectivity index is 1.84. The molecule has 0 bridgehead atoms. The minimum absolute atomic E-state index is 0.0229. The molecule has 2 aromatic carbocycles. The van der Waals surface area contributed by atoms with Crippen LogP contribution < -0.4 is 10.2 Å². The van der Waals surface area contributed by atoms with Crippen LogP contribution >= 0.6 is 0 Å². The maximum Gasteiger partial charge on any atom is 0.256 e. The second-order valence-electron chi connectivity index (χ2n) is 7.47. The Labute approximate surface area is 173 Å². The lowest BCUT2D eigenvalue weighted by atomic mass is 10.0. The monoisotopic (exact) mass is 393 g/mol. The molecule has 1 heterocycles. The average Bonchev–Trinajstić information content (AvgIpc) is 2.75. The van der Waals surface area contributed by atoms with Crippen LogP contribution in [-0.4, -0.2) is 42.9 Å². The zero-order valence-corrected chi connectivity index (χ0v) is 17.5. The molecule has 1 aliphatic rings. The number of piperidine rings is 1. The molecule has 1 fully saturated rings. The number of nitrogens with one attached hydrogen (secondary N) is 1. The molecule has 29 heavy (non-hydrogen) atoms. The summed E-state index contributed by atoms with van der Waals surface area (Å²) in [5, 5.41) is 2.96. The SMILES string of the molecule is CCN(CC)C(=O)c1cc(NC(=O)Cc2ccccc2)ccc1N1CCCCC1. The molecule has 3 rings (SSSR count). The third-order valence-electron chi connectivity index (χ3n) is 5.47. The normalized spacial score (nSPS) is 13.8. The smallest absolute Gasteiger partial charge is 0.256 e. The van der Waals surface area contributed by atoms with E-state index in [1.165, 1.54) is 6.42 Å². The number of carbonyl (C=O) groups is 2. The molecule has 0 spiro atoms. The van der Waals surface area contributed by atoms with E-state index in [1.54, 1.807) is 0 Å². The number of amides is 2. The zero-order valence-electron chi connectivity index (χ0n) is 17.5. The fourth-order valence-electron chi connectivity index (χ4n) is 3.86. The van der Waals surface area contributed by atoms with Crippen LogP contribution in [0, 0.1) is 0 Å². The quantitative estimate of drug-likeness (QED) is 0.761. The van der Waals surface area contributed by atoms with Crippen molar-refractivity contribution in [1.29, 1.82) is 0 Å². The van der Waals surface area contributed by atoms with Gasteiger partial charge in [-0.3, -0.25) is 9.59 Å². The summed E-state index contributed by atoms with van der Waals surface area (Å²) in [5.41, 5.74) is 3.28. The van der Waals surface area contributed by atoms with Gasteiger partial charge in [0.2, 0.25) is 5.91 Å². The molecule has 2 amide bonds. The Morgan fingerprint density at radius 1 is 0.966 bits per heavy atom. The average molecular weight is 394 g/mol. The van der Waals surface area contributed by atoms with Crippen LogP contribution in [0.3, 0.4) is 0 Å². The Bertz CT molecular complexity index is 825. The number of nitrogens with zero attached hydrogens (tertiary/aromatic N) is 2. The molecule has 0 saturated carbocycles. The first-order chi connectivity index (χ1) is 14.1. The molecule has 0 aromatic heterocycles. The van der Waals surface area contributed by atoms with Crippen molar-refractivity contribution in [1.82, 2.24) is 4.90 Å². The van der Waals surface area contributed by atoms with Crippen molar-refractivity contribution in [2.24, 2.45) is 0 Å². The van der Waals surface area contributed by atoms with Gasteiger partial charge in [-0.15, -0.1) is 0 Å². The Hall–Kier alpha value is -2.82. The zero-order chi connectivity index (χ0) is 20.6. The van der Waals surface area contributed by atoms with Gasteiger partial charge >= 0.3 is 0 Å². The highest BCUT2D eigenvalue weighted by Crippen LogP contribution is 2.28. The summed E-state index contributed by atoms with van der Waals surface area (Å²) in [7, 11) is 0. The molecule has 5 nitrogen and oxygen atoms in total. The maximum absolute atomic E-state index is 13.2. The van der Waals surface area contributed by atoms with Crippen LogP contribution in [0.25, 0.3) is 0 Å². The van der Waals surface area contributed by atoms with Crippen LogP contribution in [0.2, 0.25) is 0 Å². The second-order valence-corrected chi connectivity index (χ2v) is 7.47. The minimum atomic E-state index is -0.0804. The van der Waals surface area contributed by atoms with E-state index in [4.69, 9.17) is 0 Å². The number of carbonyl (C=O) groups excluding carboxylic acids is 2. The summed E-state index contributed by atoms with van der Waals surface area (Å²) in [6.07, 6.45) is 3.85. The number of benzene rings is 2. The fraction of sp³-hybridized carbons (Fsp3) is 0.417. The number of hydrogen-bond acceptors (Lipinski definition) is 3. The van der Waals surface area contributed by atoms with Gasteiger partial charge in [0.25, 0.3) is 5.91 Å². The van der Waals surface area contributed by atoms with E-state index >= 15 is 0 Å². The summed E-state index contributed by atoms with van der Waals surface area (Å²) >= 11 is 0. The molecule has 0 atom stereocenters. The number of hydrogen-bond donors (Lipinski definition) is 1. The van der Waals surface area contributed by atoms with Crippen molar-refractivity contribution in [3.05, 3.63) is 59.7 Å². The van der Waals surface area contributed by atoms with Gasteiger partial charge in [0, 0.05) is 37.6 Å². The second kappa shape index (κ2) is 10.1. The Morgan fingerprint density at radius 2 is 1.66 bits per heavy atom. The molecular weight excluding hydrogens is 362 g/mol. The van der Waals surface area contributed by atoms with Crippen molar-refractivity contribution in [2.75, 3.05) is 36.4 Å². The van der Waals surface area contributed by atoms with Gasteiger partial charge in [-0.05, 0) is 56.9 Å². The number of rotatable bonds is 7. The minimum Gasteiger partial charge on any atom is -0.371 e. The Morgan fingerprint density at radius 3 is 2.31 bits per heavy atom. The highest BCUT2D eigenvalue weighted by molar-refractivity contribution is 6.02. The van der Waals surface area contributed by atoms with Crippen LogP contribution in [0.4, 0.5) is 11.4 Å². The van der Waals surface area contributed by atoms with Crippen LogP contribution in [0.15, 0.2) is 48.5 Å². The van der Waals surface area contributed by atoms with E-state index in [2.05, 4.69) is 10.2 Å². The van der Waals surface area contributed by atoms with Gasteiger partial charge in [-0.2, -0.15) is 0 Å². The summed E-state index contributed by atoms with van der Waals surface area (Å²) in [6, 6.07) is 15.4. The maximum atomic E-state index is 13.2. The summed E-state index contributed by atoms with van der Waals surface area (Å²) in [5.74, 6) is -0.0575. The van der Waals surface area contributed by atoms with Gasteiger partial charge in [0.15, 0.2) is 0 Å². The molecular formula is C24H31N3O2. The van der Waals surface area contributed by atoms with Crippen LogP contribution in [0.5, 0.6) is 0 Å². The van der Waals surface area contributed by atoms with Crippen molar-refractivity contribution in [3.8, 4) is 0 Å². The fourth-order valence-corrected chi connectivity index (χ4v) is 3.86. The number of anilines is 2. The summed E-state index contributed by atoms with van der Waals surface area (Å²) in [6.45, 7) is 7.26. The van der Waals surface area contributed by atoms with E-state index in [0.29, 0.717) is 30.8 Å². The first kappa shape index (κ1) is 20.9. The van der Waals surface area contributed by atoms with E-state index in [9.17, 15) is 9.59 Å². The van der Waals surface area contributed by atoms with E-state index < -0.39 is 0 Å². The molecule has 1 saturated heterocycles.